The summed E-state index contributed by atoms with van der Waals surface area (Å²) in [5.74, 6) is 0.202. The normalized spacial score (nSPS) is 22.7. The van der Waals surface area contributed by atoms with Gasteiger partial charge in [0.2, 0.25) is 11.8 Å². The molecule has 3 aliphatic rings. The number of rotatable bonds is 2. The zero-order chi connectivity index (χ0) is 18.4. The van der Waals surface area contributed by atoms with Crippen molar-refractivity contribution in [2.24, 2.45) is 0 Å². The molecule has 2 saturated heterocycles. The monoisotopic (exact) mass is 356 g/mol. The van der Waals surface area contributed by atoms with E-state index in [4.69, 9.17) is 0 Å². The Hall–Kier alpha value is -2.08. The largest absolute Gasteiger partial charge is 0.369 e. The van der Waals surface area contributed by atoms with E-state index in [0.717, 1.165) is 24.5 Å². The van der Waals surface area contributed by atoms with Crippen LogP contribution in [0.5, 0.6) is 0 Å². The van der Waals surface area contributed by atoms with E-state index in [1.54, 1.807) is 0 Å². The van der Waals surface area contributed by atoms with Crippen molar-refractivity contribution >= 4 is 23.2 Å². The lowest BCUT2D eigenvalue weighted by molar-refractivity contribution is -0.144. The van der Waals surface area contributed by atoms with Gasteiger partial charge in [-0.05, 0) is 64.8 Å². The van der Waals surface area contributed by atoms with Crippen molar-refractivity contribution in [3.05, 3.63) is 24.3 Å². The molecule has 1 spiro atoms. The van der Waals surface area contributed by atoms with Crippen LogP contribution in [0.3, 0.4) is 0 Å². The Morgan fingerprint density at radius 2 is 1.65 bits per heavy atom. The maximum Gasteiger partial charge on any atom is 0.250 e. The van der Waals surface area contributed by atoms with E-state index < -0.39 is 11.1 Å². The molecule has 3 heterocycles. The molecule has 0 atom stereocenters. The lowest BCUT2D eigenvalue weighted by atomic mass is 9.83. The summed E-state index contributed by atoms with van der Waals surface area (Å²) in [7, 11) is 0. The van der Waals surface area contributed by atoms with Crippen LogP contribution in [-0.4, -0.2) is 58.9 Å². The van der Waals surface area contributed by atoms with Crippen LogP contribution in [0.15, 0.2) is 24.3 Å². The summed E-state index contributed by atoms with van der Waals surface area (Å²) in [6.07, 6.45) is 3.61. The molecule has 2 amide bonds. The molecule has 0 saturated carbocycles. The van der Waals surface area contributed by atoms with Crippen LogP contribution in [0, 0.1) is 0 Å². The van der Waals surface area contributed by atoms with Crippen molar-refractivity contribution in [1.82, 2.24) is 9.80 Å². The minimum absolute atomic E-state index is 0.0158. The predicted molar refractivity (Wildman–Crippen MR) is 102 cm³/mol. The lowest BCUT2D eigenvalue weighted by Crippen LogP contribution is -2.62. The Labute approximate surface area is 154 Å². The highest BCUT2D eigenvalue weighted by Gasteiger charge is 2.47. The van der Waals surface area contributed by atoms with E-state index in [0.29, 0.717) is 25.9 Å². The van der Waals surface area contributed by atoms with E-state index in [9.17, 15) is 9.59 Å². The van der Waals surface area contributed by atoms with Gasteiger partial charge in [0.05, 0.1) is 16.9 Å². The summed E-state index contributed by atoms with van der Waals surface area (Å²) < 4.78 is 0. The number of benzene rings is 1. The Bertz CT molecular complexity index is 716. The molecule has 0 aliphatic carbocycles. The van der Waals surface area contributed by atoms with Gasteiger partial charge in [-0.15, -0.1) is 0 Å². The number of para-hydroxylation sites is 2. The third-order valence-electron chi connectivity index (χ3n) is 6.31. The number of nitrogens with zero attached hydrogens (tertiary/aromatic N) is 2. The number of nitrogens with one attached hydrogen (secondary N) is 2. The first kappa shape index (κ1) is 17.3. The van der Waals surface area contributed by atoms with Crippen LogP contribution < -0.4 is 10.6 Å². The fraction of sp³-hybridized carbons (Fsp3) is 0.600. The minimum atomic E-state index is -0.608. The van der Waals surface area contributed by atoms with Crippen molar-refractivity contribution in [3.63, 3.8) is 0 Å². The highest BCUT2D eigenvalue weighted by Crippen LogP contribution is 2.37. The molecule has 0 aromatic heterocycles. The predicted octanol–water partition coefficient (Wildman–Crippen LogP) is 2.29. The topological polar surface area (TPSA) is 64.7 Å². The number of likely N-dealkylation sites (tertiary alicyclic amines) is 2. The number of fused-ring (bicyclic) bond motifs is 1. The van der Waals surface area contributed by atoms with Gasteiger partial charge in [-0.3, -0.25) is 14.5 Å². The smallest absolute Gasteiger partial charge is 0.250 e. The molecule has 6 nitrogen and oxygen atoms in total. The number of piperidine rings is 1. The number of amides is 2. The molecule has 0 unspecified atom stereocenters. The van der Waals surface area contributed by atoms with Crippen molar-refractivity contribution in [3.8, 4) is 0 Å². The van der Waals surface area contributed by atoms with Crippen LogP contribution in [0.4, 0.5) is 11.4 Å². The van der Waals surface area contributed by atoms with Gasteiger partial charge in [0.25, 0.3) is 0 Å². The fourth-order valence-electron chi connectivity index (χ4n) is 4.50. The van der Waals surface area contributed by atoms with Gasteiger partial charge < -0.3 is 15.5 Å². The van der Waals surface area contributed by atoms with Crippen LogP contribution >= 0.6 is 0 Å². The third-order valence-corrected chi connectivity index (χ3v) is 6.31. The van der Waals surface area contributed by atoms with Gasteiger partial charge >= 0.3 is 0 Å². The quantitative estimate of drug-likeness (QED) is 0.853. The van der Waals surface area contributed by atoms with Crippen LogP contribution in [0.25, 0.3) is 0 Å². The first-order chi connectivity index (χ1) is 12.4. The highest BCUT2D eigenvalue weighted by atomic mass is 16.2. The number of hydrogen-bond donors (Lipinski definition) is 2. The zero-order valence-electron chi connectivity index (χ0n) is 15.7. The average Bonchev–Trinajstić information content (AvgIpc) is 3.18. The molecule has 1 aromatic rings. The van der Waals surface area contributed by atoms with Gasteiger partial charge in [-0.25, -0.2) is 0 Å². The molecular weight excluding hydrogens is 328 g/mol. The van der Waals surface area contributed by atoms with E-state index in [2.05, 4.69) is 15.5 Å². The van der Waals surface area contributed by atoms with Crippen molar-refractivity contribution in [2.75, 3.05) is 36.8 Å². The van der Waals surface area contributed by atoms with Gasteiger partial charge in [-0.1, -0.05) is 12.1 Å². The Kier molecular flexibility index (Phi) is 4.18. The molecule has 26 heavy (non-hydrogen) atoms. The summed E-state index contributed by atoms with van der Waals surface area (Å²) >= 11 is 0. The summed E-state index contributed by atoms with van der Waals surface area (Å²) in [5, 5.41) is 6.48. The van der Waals surface area contributed by atoms with E-state index in [1.807, 2.05) is 43.0 Å². The third kappa shape index (κ3) is 2.76. The maximum atomic E-state index is 13.1. The molecule has 1 aromatic carbocycles. The van der Waals surface area contributed by atoms with Gasteiger partial charge in [0.15, 0.2) is 0 Å². The van der Waals surface area contributed by atoms with Crippen molar-refractivity contribution < 1.29 is 9.59 Å². The second-order valence-electron chi connectivity index (χ2n) is 8.25. The standard InChI is InChI=1S/C20H28N4O2/c1-19(2,24-11-5-6-12-24)18(26)23-13-9-20(10-14-23)17(25)21-15-7-3-4-8-16(15)22-20/h3-4,7-8,22H,5-6,9-14H2,1-2H3,(H,21,25). The average molecular weight is 356 g/mol. The van der Waals surface area contributed by atoms with Crippen LogP contribution in [0.1, 0.15) is 39.5 Å². The number of carbonyl (C=O) groups is 2. The number of carbonyl (C=O) groups excluding carboxylic acids is 2. The Balaban J connectivity index is 1.46. The SMILES string of the molecule is CC(C)(C(=O)N1CCC2(CC1)Nc1ccccc1NC2=O)N1CCCC1. The van der Waals surface area contributed by atoms with Crippen molar-refractivity contribution in [1.29, 1.82) is 0 Å². The number of hydrogen-bond acceptors (Lipinski definition) is 4. The molecule has 6 heteroatoms. The van der Waals surface area contributed by atoms with E-state index >= 15 is 0 Å². The van der Waals surface area contributed by atoms with E-state index in [-0.39, 0.29) is 11.8 Å². The lowest BCUT2D eigenvalue weighted by Gasteiger charge is -2.46. The fourth-order valence-corrected chi connectivity index (χ4v) is 4.50. The molecule has 140 valence electrons. The zero-order valence-corrected chi connectivity index (χ0v) is 15.7. The molecule has 0 radical (unpaired) electrons. The van der Waals surface area contributed by atoms with Crippen molar-refractivity contribution in [2.45, 2.75) is 50.6 Å². The second kappa shape index (κ2) is 6.27. The summed E-state index contributed by atoms with van der Waals surface area (Å²) in [6.45, 7) is 7.28. The van der Waals surface area contributed by atoms with Gasteiger partial charge in [0, 0.05) is 13.1 Å². The molecule has 2 fully saturated rings. The maximum absolute atomic E-state index is 13.1. The molecular formula is C20H28N4O2. The molecule has 4 rings (SSSR count). The summed E-state index contributed by atoms with van der Waals surface area (Å²) in [6, 6.07) is 7.78. The van der Waals surface area contributed by atoms with E-state index in [1.165, 1.54) is 12.8 Å². The first-order valence-electron chi connectivity index (χ1n) is 9.65. The minimum Gasteiger partial charge on any atom is -0.369 e. The highest BCUT2D eigenvalue weighted by molar-refractivity contribution is 6.06. The first-order valence-corrected chi connectivity index (χ1v) is 9.65. The number of anilines is 2. The molecule has 2 N–H and O–H groups in total. The van der Waals surface area contributed by atoms with Gasteiger partial charge in [-0.2, -0.15) is 0 Å². The van der Waals surface area contributed by atoms with Crippen LogP contribution in [0.2, 0.25) is 0 Å². The molecule has 3 aliphatic heterocycles. The Morgan fingerprint density at radius 3 is 2.31 bits per heavy atom. The van der Waals surface area contributed by atoms with Crippen LogP contribution in [-0.2, 0) is 9.59 Å². The summed E-state index contributed by atoms with van der Waals surface area (Å²) in [5.41, 5.74) is 0.722. The second-order valence-corrected chi connectivity index (χ2v) is 8.25. The van der Waals surface area contributed by atoms with Gasteiger partial charge in [0.1, 0.15) is 5.54 Å². The summed E-state index contributed by atoms with van der Waals surface area (Å²) in [4.78, 5) is 30.1. The Morgan fingerprint density at radius 1 is 1.04 bits per heavy atom. The molecule has 0 bridgehead atoms.